The molecule has 0 aliphatic carbocycles. The van der Waals surface area contributed by atoms with Crippen molar-refractivity contribution in [3.05, 3.63) is 30.0 Å². The Labute approximate surface area is 125 Å². The summed E-state index contributed by atoms with van der Waals surface area (Å²) in [6.45, 7) is 2.93. The first kappa shape index (κ1) is 15.5. The van der Waals surface area contributed by atoms with Crippen LogP contribution in [0.4, 0.5) is 0 Å². The summed E-state index contributed by atoms with van der Waals surface area (Å²) in [5, 5.41) is 13.2. The first-order chi connectivity index (χ1) is 10.1. The van der Waals surface area contributed by atoms with Crippen LogP contribution in [0.2, 0.25) is 0 Å². The van der Waals surface area contributed by atoms with Crippen molar-refractivity contribution in [1.29, 1.82) is 5.41 Å². The molecular formula is C15H23N5O. The minimum absolute atomic E-state index is 0.211. The molecule has 21 heavy (non-hydrogen) atoms. The van der Waals surface area contributed by atoms with Crippen LogP contribution in [0.3, 0.4) is 0 Å². The van der Waals surface area contributed by atoms with Crippen LogP contribution in [-0.4, -0.2) is 47.3 Å². The molecule has 2 aromatic rings. The smallest absolute Gasteiger partial charge is 0.0918 e. The fraction of sp³-hybridized carbons (Fsp3) is 0.467. The predicted octanol–water partition coefficient (Wildman–Crippen LogP) is 1.35. The van der Waals surface area contributed by atoms with Crippen molar-refractivity contribution in [2.24, 2.45) is 12.8 Å². The average Bonchev–Trinajstić information content (AvgIpc) is 2.79. The van der Waals surface area contributed by atoms with Crippen molar-refractivity contribution in [2.45, 2.75) is 13.0 Å². The average molecular weight is 289 g/mol. The maximum absolute atomic E-state index is 7.38. The van der Waals surface area contributed by atoms with Gasteiger partial charge in [-0.15, -0.1) is 0 Å². The van der Waals surface area contributed by atoms with Gasteiger partial charge in [0.15, 0.2) is 0 Å². The van der Waals surface area contributed by atoms with Crippen LogP contribution in [0.1, 0.15) is 12.1 Å². The fourth-order valence-electron chi connectivity index (χ4n) is 2.39. The number of hydrogen-bond acceptors (Lipinski definition) is 4. The molecule has 1 aromatic heterocycles. The lowest BCUT2D eigenvalue weighted by atomic mass is 10.2. The van der Waals surface area contributed by atoms with E-state index in [2.05, 4.69) is 22.1 Å². The molecule has 2 rings (SSSR count). The Morgan fingerprint density at radius 3 is 2.86 bits per heavy atom. The Morgan fingerprint density at radius 2 is 2.14 bits per heavy atom. The van der Waals surface area contributed by atoms with E-state index in [4.69, 9.17) is 15.9 Å². The van der Waals surface area contributed by atoms with Gasteiger partial charge in [-0.3, -0.25) is 15.0 Å². The quantitative estimate of drug-likeness (QED) is 0.568. The first-order valence-corrected chi connectivity index (χ1v) is 7.06. The number of nitrogens with one attached hydrogen (secondary N) is 1. The molecule has 0 aliphatic heterocycles. The Hall–Kier alpha value is -1.92. The molecule has 6 heteroatoms. The fourth-order valence-corrected chi connectivity index (χ4v) is 2.39. The minimum atomic E-state index is 0.211. The van der Waals surface area contributed by atoms with Crippen LogP contribution < -0.4 is 5.73 Å². The summed E-state index contributed by atoms with van der Waals surface area (Å²) in [5.41, 5.74) is 7.64. The van der Waals surface area contributed by atoms with Crippen LogP contribution in [0.15, 0.2) is 24.3 Å². The number of rotatable bonds is 8. The Kier molecular flexibility index (Phi) is 5.30. The Balaban J connectivity index is 2.15. The number of methoxy groups -OCH3 is 1. The van der Waals surface area contributed by atoms with Crippen LogP contribution >= 0.6 is 0 Å². The van der Waals surface area contributed by atoms with E-state index in [1.807, 2.05) is 23.9 Å². The highest BCUT2D eigenvalue weighted by Crippen LogP contribution is 2.18. The van der Waals surface area contributed by atoms with E-state index in [1.165, 1.54) is 5.39 Å². The SMILES string of the molecule is COCCN(CCC(=N)N)Cc1nn(C)c2ccccc12. The largest absolute Gasteiger partial charge is 0.388 e. The summed E-state index contributed by atoms with van der Waals surface area (Å²) in [5.74, 6) is 0.211. The molecule has 0 aliphatic rings. The lowest BCUT2D eigenvalue weighted by Crippen LogP contribution is -2.30. The molecule has 0 saturated heterocycles. The predicted molar refractivity (Wildman–Crippen MR) is 84.4 cm³/mol. The van der Waals surface area contributed by atoms with Crippen LogP contribution in [0.5, 0.6) is 0 Å². The molecule has 0 radical (unpaired) electrons. The van der Waals surface area contributed by atoms with E-state index >= 15 is 0 Å². The number of aryl methyl sites for hydroxylation is 1. The van der Waals surface area contributed by atoms with Gasteiger partial charge in [0.1, 0.15) is 0 Å². The van der Waals surface area contributed by atoms with E-state index in [1.54, 1.807) is 7.11 Å². The van der Waals surface area contributed by atoms with Gasteiger partial charge in [0.2, 0.25) is 0 Å². The maximum atomic E-state index is 7.38. The molecule has 0 spiro atoms. The first-order valence-electron chi connectivity index (χ1n) is 7.06. The lowest BCUT2D eigenvalue weighted by molar-refractivity contribution is 0.145. The van der Waals surface area contributed by atoms with Gasteiger partial charge in [-0.1, -0.05) is 18.2 Å². The van der Waals surface area contributed by atoms with Crippen molar-refractivity contribution in [1.82, 2.24) is 14.7 Å². The molecule has 3 N–H and O–H groups in total. The van der Waals surface area contributed by atoms with E-state index in [9.17, 15) is 0 Å². The molecule has 0 amide bonds. The van der Waals surface area contributed by atoms with E-state index in [0.717, 1.165) is 30.8 Å². The molecule has 0 fully saturated rings. The molecule has 1 heterocycles. The van der Waals surface area contributed by atoms with Gasteiger partial charge in [0, 0.05) is 45.6 Å². The normalized spacial score (nSPS) is 11.4. The number of hydrogen-bond donors (Lipinski definition) is 2. The molecule has 0 saturated carbocycles. The number of para-hydroxylation sites is 1. The molecule has 0 unspecified atom stereocenters. The summed E-state index contributed by atoms with van der Waals surface area (Å²) < 4.78 is 7.06. The second-order valence-electron chi connectivity index (χ2n) is 5.13. The highest BCUT2D eigenvalue weighted by atomic mass is 16.5. The number of nitrogens with zero attached hydrogens (tertiary/aromatic N) is 3. The summed E-state index contributed by atoms with van der Waals surface area (Å²) >= 11 is 0. The Morgan fingerprint density at radius 1 is 1.38 bits per heavy atom. The van der Waals surface area contributed by atoms with E-state index in [0.29, 0.717) is 13.0 Å². The highest BCUT2D eigenvalue weighted by Gasteiger charge is 2.13. The van der Waals surface area contributed by atoms with E-state index < -0.39 is 0 Å². The Bertz CT molecular complexity index is 607. The third-order valence-corrected chi connectivity index (χ3v) is 3.52. The standard InChI is InChI=1S/C15H23N5O/c1-19-14-6-4-3-5-12(14)13(18-19)11-20(9-10-21-2)8-7-15(16)17/h3-6H,7-11H2,1-2H3,(H3,16,17). The summed E-state index contributed by atoms with van der Waals surface area (Å²) in [6.07, 6.45) is 0.564. The minimum Gasteiger partial charge on any atom is -0.388 e. The second-order valence-corrected chi connectivity index (χ2v) is 5.13. The zero-order chi connectivity index (χ0) is 15.2. The summed E-state index contributed by atoms with van der Waals surface area (Å²) in [7, 11) is 3.65. The van der Waals surface area contributed by atoms with Crippen molar-refractivity contribution in [3.8, 4) is 0 Å². The van der Waals surface area contributed by atoms with Crippen molar-refractivity contribution < 1.29 is 4.74 Å². The van der Waals surface area contributed by atoms with Crippen molar-refractivity contribution in [2.75, 3.05) is 26.8 Å². The zero-order valence-electron chi connectivity index (χ0n) is 12.7. The molecule has 1 aromatic carbocycles. The summed E-state index contributed by atoms with van der Waals surface area (Å²) in [6, 6.07) is 8.22. The third-order valence-electron chi connectivity index (χ3n) is 3.52. The van der Waals surface area contributed by atoms with Gasteiger partial charge in [-0.25, -0.2) is 0 Å². The van der Waals surface area contributed by atoms with Gasteiger partial charge in [0.25, 0.3) is 0 Å². The van der Waals surface area contributed by atoms with Gasteiger partial charge in [-0.05, 0) is 6.07 Å². The second kappa shape index (κ2) is 7.19. The van der Waals surface area contributed by atoms with Crippen LogP contribution in [0.25, 0.3) is 10.9 Å². The number of fused-ring (bicyclic) bond motifs is 1. The van der Waals surface area contributed by atoms with Gasteiger partial charge < -0.3 is 10.5 Å². The van der Waals surface area contributed by atoms with Gasteiger partial charge >= 0.3 is 0 Å². The van der Waals surface area contributed by atoms with Gasteiger partial charge in [0.05, 0.1) is 23.7 Å². The maximum Gasteiger partial charge on any atom is 0.0918 e. The lowest BCUT2D eigenvalue weighted by Gasteiger charge is -2.20. The number of ether oxygens (including phenoxy) is 1. The molecule has 114 valence electrons. The number of nitrogens with two attached hydrogens (primary N) is 1. The zero-order valence-corrected chi connectivity index (χ0v) is 12.7. The number of amidine groups is 1. The molecule has 6 nitrogen and oxygen atoms in total. The van der Waals surface area contributed by atoms with E-state index in [-0.39, 0.29) is 5.84 Å². The molecular weight excluding hydrogens is 266 g/mol. The molecule has 0 bridgehead atoms. The van der Waals surface area contributed by atoms with Crippen LogP contribution in [-0.2, 0) is 18.3 Å². The monoisotopic (exact) mass is 289 g/mol. The summed E-state index contributed by atoms with van der Waals surface area (Å²) in [4.78, 5) is 2.22. The van der Waals surface area contributed by atoms with Gasteiger partial charge in [-0.2, -0.15) is 5.10 Å². The number of aromatic nitrogens is 2. The highest BCUT2D eigenvalue weighted by molar-refractivity contribution is 5.81. The third kappa shape index (κ3) is 4.03. The molecule has 0 atom stereocenters. The van der Waals surface area contributed by atoms with Crippen LogP contribution in [0, 0.1) is 5.41 Å². The van der Waals surface area contributed by atoms with Crippen molar-refractivity contribution in [3.63, 3.8) is 0 Å². The van der Waals surface area contributed by atoms with Crippen molar-refractivity contribution >= 4 is 16.7 Å². The number of benzene rings is 1. The topological polar surface area (TPSA) is 80.2 Å².